The maximum atomic E-state index is 12.9. The fraction of sp³-hybridized carbons (Fsp3) is 0.571. The third-order valence-electron chi connectivity index (χ3n) is 2.49. The standard InChI is InChI=1S/C14H20BF3O2/c1-9(2)19-15(20-10(3)4)13-7-11(5)6-12(8-13)14(16,17)18/h6-10H,1-5H3. The molecule has 1 rings (SSSR count). The number of hydrogen-bond donors (Lipinski definition) is 0. The minimum atomic E-state index is -4.37. The van der Waals surface area contributed by atoms with Crippen molar-refractivity contribution in [3.05, 3.63) is 29.3 Å². The van der Waals surface area contributed by atoms with Crippen molar-refractivity contribution < 1.29 is 22.5 Å². The monoisotopic (exact) mass is 288 g/mol. The van der Waals surface area contributed by atoms with Gasteiger partial charge >= 0.3 is 13.3 Å². The van der Waals surface area contributed by atoms with Crippen LogP contribution in [0.5, 0.6) is 0 Å². The second kappa shape index (κ2) is 6.63. The van der Waals surface area contributed by atoms with E-state index in [0.29, 0.717) is 11.0 Å². The highest BCUT2D eigenvalue weighted by atomic mass is 19.4. The Hall–Kier alpha value is -1.01. The van der Waals surface area contributed by atoms with Crippen molar-refractivity contribution in [3.8, 4) is 0 Å². The van der Waals surface area contributed by atoms with Gasteiger partial charge in [-0.25, -0.2) is 0 Å². The molecule has 20 heavy (non-hydrogen) atoms. The summed E-state index contributed by atoms with van der Waals surface area (Å²) in [4.78, 5) is 0. The van der Waals surface area contributed by atoms with E-state index in [2.05, 4.69) is 0 Å². The summed E-state index contributed by atoms with van der Waals surface area (Å²) >= 11 is 0. The first kappa shape index (κ1) is 17.0. The average molecular weight is 288 g/mol. The zero-order valence-corrected chi connectivity index (χ0v) is 12.4. The van der Waals surface area contributed by atoms with Gasteiger partial charge in [-0.3, -0.25) is 0 Å². The Morgan fingerprint density at radius 3 is 1.85 bits per heavy atom. The fourth-order valence-corrected chi connectivity index (χ4v) is 1.80. The first-order valence-corrected chi connectivity index (χ1v) is 6.59. The van der Waals surface area contributed by atoms with E-state index < -0.39 is 18.9 Å². The van der Waals surface area contributed by atoms with Crippen molar-refractivity contribution in [1.82, 2.24) is 0 Å². The number of rotatable bonds is 5. The van der Waals surface area contributed by atoms with Crippen LogP contribution in [0.4, 0.5) is 13.2 Å². The molecule has 0 amide bonds. The van der Waals surface area contributed by atoms with E-state index in [1.807, 2.05) is 27.7 Å². The first-order chi connectivity index (χ1) is 9.09. The van der Waals surface area contributed by atoms with Crippen LogP contribution in [-0.4, -0.2) is 19.3 Å². The van der Waals surface area contributed by atoms with Crippen LogP contribution in [0.15, 0.2) is 18.2 Å². The summed E-state index contributed by atoms with van der Waals surface area (Å²) in [6, 6.07) is 3.86. The molecule has 2 nitrogen and oxygen atoms in total. The summed E-state index contributed by atoms with van der Waals surface area (Å²) < 4.78 is 49.7. The number of hydrogen-bond acceptors (Lipinski definition) is 2. The lowest BCUT2D eigenvalue weighted by atomic mass is 9.76. The van der Waals surface area contributed by atoms with E-state index in [9.17, 15) is 13.2 Å². The van der Waals surface area contributed by atoms with Crippen LogP contribution in [0, 0.1) is 6.92 Å². The lowest BCUT2D eigenvalue weighted by Gasteiger charge is -2.21. The molecule has 0 aliphatic carbocycles. The first-order valence-electron chi connectivity index (χ1n) is 6.59. The molecule has 0 spiro atoms. The zero-order valence-electron chi connectivity index (χ0n) is 12.4. The molecule has 1 aromatic carbocycles. The molecule has 112 valence electrons. The van der Waals surface area contributed by atoms with E-state index >= 15 is 0 Å². The highest BCUT2D eigenvalue weighted by Crippen LogP contribution is 2.29. The lowest BCUT2D eigenvalue weighted by Crippen LogP contribution is -2.41. The molecular formula is C14H20BF3O2. The van der Waals surface area contributed by atoms with Crippen molar-refractivity contribution >= 4 is 12.6 Å². The number of alkyl halides is 3. The van der Waals surface area contributed by atoms with Gasteiger partial charge in [0.25, 0.3) is 0 Å². The SMILES string of the molecule is Cc1cc(B(OC(C)C)OC(C)C)cc(C(F)(F)F)c1. The van der Waals surface area contributed by atoms with Crippen LogP contribution in [0.2, 0.25) is 0 Å². The second-order valence-electron chi connectivity index (χ2n) is 5.33. The molecule has 0 saturated heterocycles. The van der Waals surface area contributed by atoms with Gasteiger partial charge in [-0.1, -0.05) is 17.7 Å². The predicted molar refractivity (Wildman–Crippen MR) is 74.0 cm³/mol. The normalized spacial score (nSPS) is 12.3. The Morgan fingerprint density at radius 2 is 1.45 bits per heavy atom. The van der Waals surface area contributed by atoms with Gasteiger partial charge in [0.05, 0.1) is 5.56 Å². The van der Waals surface area contributed by atoms with Crippen LogP contribution in [0.25, 0.3) is 0 Å². The van der Waals surface area contributed by atoms with Crippen molar-refractivity contribution in [2.24, 2.45) is 0 Å². The minimum absolute atomic E-state index is 0.145. The Labute approximate surface area is 118 Å². The van der Waals surface area contributed by atoms with Crippen molar-refractivity contribution in [2.45, 2.75) is 53.0 Å². The summed E-state index contributed by atoms with van der Waals surface area (Å²) in [6.07, 6.45) is -4.66. The van der Waals surface area contributed by atoms with E-state index in [1.54, 1.807) is 13.0 Å². The van der Waals surface area contributed by atoms with Crippen LogP contribution >= 0.6 is 0 Å². The summed E-state index contributed by atoms with van der Waals surface area (Å²) in [6.45, 7) is 8.89. The van der Waals surface area contributed by atoms with Crippen molar-refractivity contribution in [2.75, 3.05) is 0 Å². The molecule has 1 aromatic rings. The molecule has 0 bridgehead atoms. The van der Waals surface area contributed by atoms with E-state index in [4.69, 9.17) is 9.31 Å². The lowest BCUT2D eigenvalue weighted by molar-refractivity contribution is -0.137. The van der Waals surface area contributed by atoms with Crippen LogP contribution in [0.3, 0.4) is 0 Å². The van der Waals surface area contributed by atoms with Gasteiger partial charge in [0, 0.05) is 12.2 Å². The Balaban J connectivity index is 3.15. The third kappa shape index (κ3) is 5.17. The molecular weight excluding hydrogens is 268 g/mol. The third-order valence-corrected chi connectivity index (χ3v) is 2.49. The van der Waals surface area contributed by atoms with Crippen molar-refractivity contribution in [1.29, 1.82) is 0 Å². The van der Waals surface area contributed by atoms with Gasteiger partial charge in [0.15, 0.2) is 0 Å². The molecule has 0 aliphatic rings. The molecule has 0 aromatic heterocycles. The minimum Gasteiger partial charge on any atom is -0.405 e. The maximum Gasteiger partial charge on any atom is 0.494 e. The highest BCUT2D eigenvalue weighted by Gasteiger charge is 2.33. The fourth-order valence-electron chi connectivity index (χ4n) is 1.80. The van der Waals surface area contributed by atoms with Gasteiger partial charge in [0.1, 0.15) is 0 Å². The van der Waals surface area contributed by atoms with Gasteiger partial charge in [-0.2, -0.15) is 13.2 Å². The van der Waals surface area contributed by atoms with Gasteiger partial charge in [-0.05, 0) is 46.1 Å². The molecule has 0 aliphatic heterocycles. The van der Waals surface area contributed by atoms with Gasteiger partial charge in [0.2, 0.25) is 0 Å². The molecule has 0 N–H and O–H groups in total. The Morgan fingerprint density at radius 1 is 0.950 bits per heavy atom. The molecule has 0 heterocycles. The molecule has 0 atom stereocenters. The maximum absolute atomic E-state index is 12.9. The Bertz CT molecular complexity index is 435. The quantitative estimate of drug-likeness (QED) is 0.771. The summed E-state index contributed by atoms with van der Waals surface area (Å²) in [5.74, 6) is 0. The smallest absolute Gasteiger partial charge is 0.405 e. The zero-order chi connectivity index (χ0) is 15.5. The van der Waals surface area contributed by atoms with Crippen LogP contribution in [0.1, 0.15) is 38.8 Å². The molecule has 0 unspecified atom stereocenters. The topological polar surface area (TPSA) is 18.5 Å². The van der Waals surface area contributed by atoms with E-state index in [-0.39, 0.29) is 12.2 Å². The summed E-state index contributed by atoms with van der Waals surface area (Å²) in [7, 11) is -0.795. The largest absolute Gasteiger partial charge is 0.494 e. The molecule has 6 heteroatoms. The number of aryl methyl sites for hydroxylation is 1. The summed E-state index contributed by atoms with van der Waals surface area (Å²) in [5, 5.41) is 0. The van der Waals surface area contributed by atoms with Crippen LogP contribution in [-0.2, 0) is 15.5 Å². The van der Waals surface area contributed by atoms with E-state index in [0.717, 1.165) is 12.1 Å². The number of halogens is 3. The number of benzene rings is 1. The van der Waals surface area contributed by atoms with E-state index in [1.165, 1.54) is 0 Å². The van der Waals surface area contributed by atoms with Crippen LogP contribution < -0.4 is 5.46 Å². The van der Waals surface area contributed by atoms with Crippen molar-refractivity contribution in [3.63, 3.8) is 0 Å². The predicted octanol–water partition coefficient (Wildman–Crippen LogP) is 3.56. The van der Waals surface area contributed by atoms with Gasteiger partial charge < -0.3 is 9.31 Å². The highest BCUT2D eigenvalue weighted by molar-refractivity contribution is 6.61. The van der Waals surface area contributed by atoms with Gasteiger partial charge in [-0.15, -0.1) is 0 Å². The summed E-state index contributed by atoms with van der Waals surface area (Å²) in [5.41, 5.74) is 0.233. The Kier molecular flexibility index (Phi) is 5.65. The second-order valence-corrected chi connectivity index (χ2v) is 5.33. The average Bonchev–Trinajstić information content (AvgIpc) is 2.24. The molecule has 0 saturated carbocycles. The molecule has 0 radical (unpaired) electrons. The molecule has 0 fully saturated rings.